The maximum absolute atomic E-state index is 13.3. The van der Waals surface area contributed by atoms with Crippen LogP contribution in [0.15, 0.2) is 83.7 Å². The number of benzene rings is 3. The Morgan fingerprint density at radius 1 is 0.935 bits per heavy atom. The summed E-state index contributed by atoms with van der Waals surface area (Å²) in [6, 6.07) is 24.6. The van der Waals surface area contributed by atoms with E-state index in [2.05, 4.69) is 24.3 Å². The molecule has 0 radical (unpaired) electrons. The largest absolute Gasteiger partial charge is 0.320 e. The van der Waals surface area contributed by atoms with Gasteiger partial charge in [0.1, 0.15) is 0 Å². The van der Waals surface area contributed by atoms with Crippen LogP contribution in [0.4, 0.5) is 5.69 Å². The number of rotatable bonds is 6. The third-order valence-corrected chi connectivity index (χ3v) is 5.61. The summed E-state index contributed by atoms with van der Waals surface area (Å²) >= 11 is 0. The van der Waals surface area contributed by atoms with Crippen LogP contribution >= 0.6 is 0 Å². The number of carbonyl (C=O) groups excluding carboxylic acids is 1. The normalized spacial score (nSPS) is 11.9. The fourth-order valence-electron chi connectivity index (χ4n) is 3.71. The lowest BCUT2D eigenvalue weighted by Gasteiger charge is -2.16. The number of fused-ring (bicyclic) bond motifs is 1. The van der Waals surface area contributed by atoms with Crippen LogP contribution in [0, 0.1) is 0 Å². The molecule has 5 nitrogen and oxygen atoms in total. The first-order valence-electron chi connectivity index (χ1n) is 10.5. The second-order valence-electron chi connectivity index (χ2n) is 7.69. The monoisotopic (exact) mass is 411 g/mol. The van der Waals surface area contributed by atoms with Crippen LogP contribution < -0.4 is 10.9 Å². The summed E-state index contributed by atoms with van der Waals surface area (Å²) in [6.45, 7) is 4.56. The Morgan fingerprint density at radius 3 is 2.32 bits per heavy atom. The Labute approximate surface area is 181 Å². The van der Waals surface area contributed by atoms with Crippen LogP contribution in [0.3, 0.4) is 0 Å². The molecule has 1 aromatic heterocycles. The van der Waals surface area contributed by atoms with E-state index < -0.39 is 0 Å². The van der Waals surface area contributed by atoms with Crippen molar-refractivity contribution in [2.75, 3.05) is 5.32 Å². The molecule has 1 atom stereocenters. The molecule has 0 aliphatic rings. The minimum Gasteiger partial charge on any atom is -0.320 e. The molecule has 31 heavy (non-hydrogen) atoms. The molecule has 0 fully saturated rings. The number of hydrogen-bond donors (Lipinski definition) is 1. The Kier molecular flexibility index (Phi) is 5.94. The van der Waals surface area contributed by atoms with Crippen molar-refractivity contribution >= 4 is 22.4 Å². The van der Waals surface area contributed by atoms with Crippen molar-refractivity contribution in [3.63, 3.8) is 0 Å². The zero-order chi connectivity index (χ0) is 21.8. The summed E-state index contributed by atoms with van der Waals surface area (Å²) in [5.41, 5.74) is 2.83. The van der Waals surface area contributed by atoms with Gasteiger partial charge in [0.2, 0.25) is 0 Å². The van der Waals surface area contributed by atoms with E-state index in [-0.39, 0.29) is 17.2 Å². The lowest BCUT2D eigenvalue weighted by atomic mass is 9.97. The van der Waals surface area contributed by atoms with Crippen molar-refractivity contribution in [2.45, 2.75) is 32.7 Å². The number of aromatic nitrogens is 2. The van der Waals surface area contributed by atoms with Crippen molar-refractivity contribution in [1.29, 1.82) is 0 Å². The Balaban J connectivity index is 1.78. The molecular weight excluding hydrogens is 386 g/mol. The smallest absolute Gasteiger partial charge is 0.276 e. The Morgan fingerprint density at radius 2 is 1.58 bits per heavy atom. The average molecular weight is 412 g/mol. The summed E-state index contributed by atoms with van der Waals surface area (Å²) < 4.78 is 1.37. The molecule has 0 saturated heterocycles. The maximum Gasteiger partial charge on any atom is 0.276 e. The summed E-state index contributed by atoms with van der Waals surface area (Å²) in [7, 11) is 0. The van der Waals surface area contributed by atoms with E-state index in [4.69, 9.17) is 0 Å². The lowest BCUT2D eigenvalue weighted by Crippen LogP contribution is -2.28. The number of amides is 1. The van der Waals surface area contributed by atoms with Crippen LogP contribution in [-0.4, -0.2) is 15.7 Å². The predicted octanol–water partition coefficient (Wildman–Crippen LogP) is 5.21. The van der Waals surface area contributed by atoms with E-state index in [1.807, 2.05) is 60.7 Å². The van der Waals surface area contributed by atoms with Crippen molar-refractivity contribution < 1.29 is 4.79 Å². The van der Waals surface area contributed by atoms with E-state index in [0.717, 1.165) is 23.2 Å². The van der Waals surface area contributed by atoms with Gasteiger partial charge in [0.25, 0.3) is 11.5 Å². The van der Waals surface area contributed by atoms with Crippen LogP contribution in [-0.2, 0) is 6.54 Å². The van der Waals surface area contributed by atoms with Gasteiger partial charge in [0, 0.05) is 11.1 Å². The number of anilines is 1. The maximum atomic E-state index is 13.3. The molecule has 156 valence electrons. The number of carbonyl (C=O) groups is 1. The Hall–Kier alpha value is -3.73. The number of hydrogen-bond acceptors (Lipinski definition) is 3. The van der Waals surface area contributed by atoms with Gasteiger partial charge < -0.3 is 5.32 Å². The highest BCUT2D eigenvalue weighted by molar-refractivity contribution is 6.11. The molecule has 1 unspecified atom stereocenters. The van der Waals surface area contributed by atoms with Crippen molar-refractivity contribution in [3.05, 3.63) is 106 Å². The third-order valence-electron chi connectivity index (χ3n) is 5.61. The number of para-hydroxylation sites is 1. The first kappa shape index (κ1) is 20.5. The summed E-state index contributed by atoms with van der Waals surface area (Å²) in [6.07, 6.45) is 0.968. The molecule has 4 aromatic rings. The van der Waals surface area contributed by atoms with E-state index >= 15 is 0 Å². The Bertz CT molecular complexity index is 1280. The van der Waals surface area contributed by atoms with E-state index in [9.17, 15) is 9.59 Å². The van der Waals surface area contributed by atoms with E-state index in [0.29, 0.717) is 23.2 Å². The molecule has 0 aliphatic heterocycles. The standard InChI is InChI=1S/C26H25N3O2/c1-3-18(2)20-13-9-10-16-23(20)27-25(30)24-21-14-7-8-15-22(21)26(31)29(28-24)17-19-11-5-4-6-12-19/h4-16,18H,3,17H2,1-2H3,(H,27,30). The molecule has 0 bridgehead atoms. The highest BCUT2D eigenvalue weighted by Gasteiger charge is 2.19. The summed E-state index contributed by atoms with van der Waals surface area (Å²) in [4.78, 5) is 26.3. The van der Waals surface area contributed by atoms with Gasteiger partial charge >= 0.3 is 0 Å². The zero-order valence-corrected chi connectivity index (χ0v) is 17.7. The van der Waals surface area contributed by atoms with Gasteiger partial charge in [-0.15, -0.1) is 0 Å². The first-order chi connectivity index (χ1) is 15.1. The molecule has 1 heterocycles. The van der Waals surface area contributed by atoms with Gasteiger partial charge in [0.15, 0.2) is 5.69 Å². The quantitative estimate of drug-likeness (QED) is 0.474. The van der Waals surface area contributed by atoms with Crippen LogP contribution in [0.2, 0.25) is 0 Å². The van der Waals surface area contributed by atoms with Crippen LogP contribution in [0.25, 0.3) is 10.8 Å². The molecule has 3 aromatic carbocycles. The molecular formula is C26H25N3O2. The van der Waals surface area contributed by atoms with Crippen molar-refractivity contribution in [2.24, 2.45) is 0 Å². The molecule has 1 N–H and O–H groups in total. The van der Waals surface area contributed by atoms with Gasteiger partial charge in [-0.2, -0.15) is 5.10 Å². The average Bonchev–Trinajstić information content (AvgIpc) is 2.81. The number of nitrogens with zero attached hydrogens (tertiary/aromatic N) is 2. The fraction of sp³-hybridized carbons (Fsp3) is 0.192. The van der Waals surface area contributed by atoms with Gasteiger partial charge in [-0.1, -0.05) is 80.6 Å². The van der Waals surface area contributed by atoms with Crippen LogP contribution in [0.1, 0.15) is 47.8 Å². The van der Waals surface area contributed by atoms with Gasteiger partial charge in [-0.3, -0.25) is 9.59 Å². The van der Waals surface area contributed by atoms with Crippen LogP contribution in [0.5, 0.6) is 0 Å². The molecule has 5 heteroatoms. The van der Waals surface area contributed by atoms with Gasteiger partial charge in [-0.05, 0) is 35.6 Å². The molecule has 1 amide bonds. The summed E-state index contributed by atoms with van der Waals surface area (Å²) in [5, 5.41) is 8.54. The topological polar surface area (TPSA) is 64.0 Å². The second kappa shape index (κ2) is 8.96. The summed E-state index contributed by atoms with van der Waals surface area (Å²) in [5.74, 6) is -0.0120. The third kappa shape index (κ3) is 4.26. The SMILES string of the molecule is CCC(C)c1ccccc1NC(=O)c1nn(Cc2ccccc2)c(=O)c2ccccc12. The fourth-order valence-corrected chi connectivity index (χ4v) is 3.71. The minimum atomic E-state index is -0.325. The molecule has 0 saturated carbocycles. The second-order valence-corrected chi connectivity index (χ2v) is 7.69. The zero-order valence-electron chi connectivity index (χ0n) is 17.7. The van der Waals surface area contributed by atoms with Gasteiger partial charge in [0.05, 0.1) is 11.9 Å². The molecule has 4 rings (SSSR count). The van der Waals surface area contributed by atoms with E-state index in [1.54, 1.807) is 18.2 Å². The highest BCUT2D eigenvalue weighted by Crippen LogP contribution is 2.27. The molecule has 0 spiro atoms. The van der Waals surface area contributed by atoms with Crippen molar-refractivity contribution in [1.82, 2.24) is 9.78 Å². The first-order valence-corrected chi connectivity index (χ1v) is 10.5. The minimum absolute atomic E-state index is 0.212. The number of nitrogens with one attached hydrogen (secondary N) is 1. The van der Waals surface area contributed by atoms with Crippen molar-refractivity contribution in [3.8, 4) is 0 Å². The van der Waals surface area contributed by atoms with Gasteiger partial charge in [-0.25, -0.2) is 4.68 Å². The lowest BCUT2D eigenvalue weighted by molar-refractivity contribution is 0.102. The molecule has 0 aliphatic carbocycles. The van der Waals surface area contributed by atoms with E-state index in [1.165, 1.54) is 4.68 Å². The predicted molar refractivity (Wildman–Crippen MR) is 125 cm³/mol. The highest BCUT2D eigenvalue weighted by atomic mass is 16.2.